The third-order valence-electron chi connectivity index (χ3n) is 4.50. The summed E-state index contributed by atoms with van der Waals surface area (Å²) >= 11 is 6.07. The van der Waals surface area contributed by atoms with E-state index in [0.717, 1.165) is 12.8 Å². The largest absolute Gasteiger partial charge is 0.456 e. The molecule has 2 aromatic heterocycles. The Kier molecular flexibility index (Phi) is 5.17. The standard InChI is InChI=1S/C17H19ClN4O6/c1-8(23)26-13-11(5-25-10-3-4-10)28-17(14(13)27-9(2)24)22-7-21-12-15(18)19-6-20-16(12)22/h6-7,10-11,13-14,17H,3-5H2,1-2H3/t11-,13-,14-,17?/m1/s1. The van der Waals surface area contributed by atoms with E-state index in [4.69, 9.17) is 30.5 Å². The summed E-state index contributed by atoms with van der Waals surface area (Å²) in [6, 6.07) is 0. The molecule has 4 atom stereocenters. The second-order valence-corrected chi connectivity index (χ2v) is 7.09. The maximum Gasteiger partial charge on any atom is 0.303 e. The van der Waals surface area contributed by atoms with Crippen molar-refractivity contribution in [2.75, 3.05) is 6.61 Å². The minimum Gasteiger partial charge on any atom is -0.456 e. The molecular weight excluding hydrogens is 392 g/mol. The molecule has 1 aliphatic carbocycles. The Balaban J connectivity index is 1.68. The Morgan fingerprint density at radius 3 is 2.57 bits per heavy atom. The first-order valence-corrected chi connectivity index (χ1v) is 9.26. The van der Waals surface area contributed by atoms with Crippen molar-refractivity contribution in [3.05, 3.63) is 17.8 Å². The highest BCUT2D eigenvalue weighted by Gasteiger charge is 2.51. The lowest BCUT2D eigenvalue weighted by Crippen LogP contribution is -2.40. The third kappa shape index (κ3) is 3.80. The summed E-state index contributed by atoms with van der Waals surface area (Å²) in [6.07, 6.45) is 1.77. The van der Waals surface area contributed by atoms with Crippen molar-refractivity contribution in [1.82, 2.24) is 19.5 Å². The van der Waals surface area contributed by atoms with Crippen LogP contribution < -0.4 is 0 Å². The Morgan fingerprint density at radius 2 is 1.89 bits per heavy atom. The maximum atomic E-state index is 11.7. The number of nitrogens with zero attached hydrogens (tertiary/aromatic N) is 4. The van der Waals surface area contributed by atoms with E-state index in [1.54, 1.807) is 4.57 Å². The van der Waals surface area contributed by atoms with Crippen LogP contribution in [0.1, 0.15) is 32.9 Å². The molecule has 11 heteroatoms. The van der Waals surface area contributed by atoms with Gasteiger partial charge in [-0.15, -0.1) is 0 Å². The van der Waals surface area contributed by atoms with Gasteiger partial charge in [0.25, 0.3) is 0 Å². The monoisotopic (exact) mass is 410 g/mol. The van der Waals surface area contributed by atoms with Crippen LogP contribution in [0.2, 0.25) is 5.15 Å². The SMILES string of the molecule is CC(=O)O[C@@H]1[C@@H](COC2CC2)OC(n2cnc3c(Cl)ncnc32)[C@@H]1OC(C)=O. The normalized spacial score (nSPS) is 27.1. The van der Waals surface area contributed by atoms with Crippen LogP contribution in [0.4, 0.5) is 0 Å². The highest BCUT2D eigenvalue weighted by atomic mass is 35.5. The summed E-state index contributed by atoms with van der Waals surface area (Å²) in [7, 11) is 0. The quantitative estimate of drug-likeness (QED) is 0.515. The Bertz CT molecular complexity index is 901. The van der Waals surface area contributed by atoms with Crippen molar-refractivity contribution in [3.8, 4) is 0 Å². The van der Waals surface area contributed by atoms with E-state index in [9.17, 15) is 9.59 Å². The topological polar surface area (TPSA) is 115 Å². The Labute approximate surface area is 165 Å². The van der Waals surface area contributed by atoms with Gasteiger partial charge in [0.15, 0.2) is 29.2 Å². The van der Waals surface area contributed by atoms with Crippen molar-refractivity contribution in [2.24, 2.45) is 0 Å². The molecule has 10 nitrogen and oxygen atoms in total. The fraction of sp³-hybridized carbons (Fsp3) is 0.588. The number of aromatic nitrogens is 4. The predicted octanol–water partition coefficient (Wildman–Crippen LogP) is 1.42. The van der Waals surface area contributed by atoms with E-state index in [2.05, 4.69) is 15.0 Å². The number of fused-ring (bicyclic) bond motifs is 1. The predicted molar refractivity (Wildman–Crippen MR) is 94.3 cm³/mol. The van der Waals surface area contributed by atoms with Gasteiger partial charge in [-0.05, 0) is 12.8 Å². The molecule has 0 radical (unpaired) electrons. The van der Waals surface area contributed by atoms with Crippen molar-refractivity contribution in [3.63, 3.8) is 0 Å². The van der Waals surface area contributed by atoms with Gasteiger partial charge in [0.2, 0.25) is 0 Å². The van der Waals surface area contributed by atoms with Gasteiger partial charge in [0, 0.05) is 13.8 Å². The number of carbonyl (C=O) groups is 2. The number of esters is 2. The summed E-state index contributed by atoms with van der Waals surface area (Å²) in [6.45, 7) is 2.77. The van der Waals surface area contributed by atoms with E-state index in [1.807, 2.05) is 0 Å². The summed E-state index contributed by atoms with van der Waals surface area (Å²) in [5.74, 6) is -1.04. The first kappa shape index (κ1) is 19.0. The number of ether oxygens (including phenoxy) is 4. The molecule has 2 fully saturated rings. The van der Waals surface area contributed by atoms with E-state index in [0.29, 0.717) is 11.2 Å². The van der Waals surface area contributed by atoms with Gasteiger partial charge < -0.3 is 18.9 Å². The second kappa shape index (κ2) is 7.61. The van der Waals surface area contributed by atoms with Gasteiger partial charge in [-0.25, -0.2) is 15.0 Å². The van der Waals surface area contributed by atoms with Crippen LogP contribution in [-0.2, 0) is 28.5 Å². The average Bonchev–Trinajstić information content (AvgIpc) is 3.28. The molecule has 150 valence electrons. The van der Waals surface area contributed by atoms with Crippen molar-refractivity contribution < 1.29 is 28.5 Å². The highest BCUT2D eigenvalue weighted by Crippen LogP contribution is 2.37. The van der Waals surface area contributed by atoms with Crippen LogP contribution >= 0.6 is 11.6 Å². The zero-order valence-corrected chi connectivity index (χ0v) is 16.0. The van der Waals surface area contributed by atoms with Gasteiger partial charge >= 0.3 is 11.9 Å². The van der Waals surface area contributed by atoms with Crippen LogP contribution in [0, 0.1) is 0 Å². The Hall–Kier alpha value is -2.30. The van der Waals surface area contributed by atoms with E-state index >= 15 is 0 Å². The zero-order chi connectivity index (χ0) is 19.8. The molecule has 0 bridgehead atoms. The zero-order valence-electron chi connectivity index (χ0n) is 15.3. The molecule has 4 rings (SSSR count). The molecule has 3 heterocycles. The van der Waals surface area contributed by atoms with Crippen molar-refractivity contribution in [2.45, 2.75) is 57.3 Å². The van der Waals surface area contributed by atoms with Crippen LogP contribution in [-0.4, -0.2) is 62.5 Å². The second-order valence-electron chi connectivity index (χ2n) is 6.73. The molecule has 2 aliphatic rings. The van der Waals surface area contributed by atoms with Crippen LogP contribution in [0.25, 0.3) is 11.2 Å². The maximum absolute atomic E-state index is 11.7. The molecule has 0 aromatic carbocycles. The molecule has 28 heavy (non-hydrogen) atoms. The molecule has 1 unspecified atom stereocenters. The van der Waals surface area contributed by atoms with E-state index < -0.39 is 36.5 Å². The number of rotatable bonds is 6. The lowest BCUT2D eigenvalue weighted by Gasteiger charge is -2.23. The summed E-state index contributed by atoms with van der Waals surface area (Å²) in [4.78, 5) is 35.7. The fourth-order valence-electron chi connectivity index (χ4n) is 3.19. The number of hydrogen-bond acceptors (Lipinski definition) is 9. The summed E-state index contributed by atoms with van der Waals surface area (Å²) in [5.41, 5.74) is 0.795. The number of carbonyl (C=O) groups excluding carboxylic acids is 2. The van der Waals surface area contributed by atoms with Gasteiger partial charge in [0.1, 0.15) is 17.9 Å². The smallest absolute Gasteiger partial charge is 0.303 e. The molecule has 1 aliphatic heterocycles. The van der Waals surface area contributed by atoms with Crippen LogP contribution in [0.5, 0.6) is 0 Å². The van der Waals surface area contributed by atoms with Gasteiger partial charge in [-0.2, -0.15) is 0 Å². The minimum absolute atomic E-state index is 0.188. The minimum atomic E-state index is -0.902. The number of imidazole rings is 1. The highest BCUT2D eigenvalue weighted by molar-refractivity contribution is 6.33. The first-order valence-electron chi connectivity index (χ1n) is 8.88. The van der Waals surface area contributed by atoms with Gasteiger partial charge in [0.05, 0.1) is 19.0 Å². The Morgan fingerprint density at radius 1 is 1.18 bits per heavy atom. The molecule has 0 spiro atoms. The van der Waals surface area contributed by atoms with Crippen molar-refractivity contribution >= 4 is 34.7 Å². The molecule has 0 amide bonds. The first-order chi connectivity index (χ1) is 13.4. The lowest BCUT2D eigenvalue weighted by molar-refractivity contribution is -0.166. The van der Waals surface area contributed by atoms with E-state index in [1.165, 1.54) is 26.5 Å². The number of halogens is 1. The lowest BCUT2D eigenvalue weighted by atomic mass is 10.1. The summed E-state index contributed by atoms with van der Waals surface area (Å²) < 4.78 is 24.3. The third-order valence-corrected chi connectivity index (χ3v) is 4.78. The molecular formula is C17H19ClN4O6. The summed E-state index contributed by atoms with van der Waals surface area (Å²) in [5, 5.41) is 0.191. The van der Waals surface area contributed by atoms with Gasteiger partial charge in [-0.3, -0.25) is 14.2 Å². The molecule has 1 saturated carbocycles. The van der Waals surface area contributed by atoms with Crippen LogP contribution in [0.3, 0.4) is 0 Å². The van der Waals surface area contributed by atoms with E-state index in [-0.39, 0.29) is 17.9 Å². The number of hydrogen-bond donors (Lipinski definition) is 0. The fourth-order valence-corrected chi connectivity index (χ4v) is 3.37. The molecule has 2 aromatic rings. The average molecular weight is 411 g/mol. The van der Waals surface area contributed by atoms with Crippen molar-refractivity contribution in [1.29, 1.82) is 0 Å². The van der Waals surface area contributed by atoms with Crippen LogP contribution in [0.15, 0.2) is 12.7 Å². The molecule has 0 N–H and O–H groups in total. The molecule has 1 saturated heterocycles. The van der Waals surface area contributed by atoms with Gasteiger partial charge in [-0.1, -0.05) is 11.6 Å².